The van der Waals surface area contributed by atoms with Crippen molar-refractivity contribution in [1.82, 2.24) is 5.32 Å². The van der Waals surface area contributed by atoms with Crippen molar-refractivity contribution < 1.29 is 13.5 Å². The van der Waals surface area contributed by atoms with Gasteiger partial charge in [-0.25, -0.2) is 8.78 Å². The third-order valence-corrected chi connectivity index (χ3v) is 3.70. The monoisotopic (exact) mass is 255 g/mol. The van der Waals surface area contributed by atoms with Crippen LogP contribution < -0.4 is 5.32 Å². The van der Waals surface area contributed by atoms with Crippen LogP contribution in [0.15, 0.2) is 18.2 Å². The molecule has 1 fully saturated rings. The number of ether oxygens (including phenoxy) is 1. The maximum atomic E-state index is 13.9. The first kappa shape index (κ1) is 13.4. The Morgan fingerprint density at radius 2 is 2.22 bits per heavy atom. The minimum atomic E-state index is -0.541. The summed E-state index contributed by atoms with van der Waals surface area (Å²) in [5, 5.41) is 3.14. The number of nitrogens with one attached hydrogen (secondary N) is 1. The summed E-state index contributed by atoms with van der Waals surface area (Å²) in [5.74, 6) is -0.795. The lowest BCUT2D eigenvalue weighted by atomic mass is 9.86. The molecule has 0 bridgehead atoms. The molecule has 0 spiro atoms. The first-order chi connectivity index (χ1) is 8.67. The van der Waals surface area contributed by atoms with Gasteiger partial charge in [0.1, 0.15) is 11.6 Å². The third-order valence-electron chi connectivity index (χ3n) is 3.70. The predicted octanol–water partition coefficient (Wildman–Crippen LogP) is 3.04. The van der Waals surface area contributed by atoms with Gasteiger partial charge in [-0.05, 0) is 26.0 Å². The average Bonchev–Trinajstić information content (AvgIpc) is 2.81. The van der Waals surface area contributed by atoms with E-state index in [1.165, 1.54) is 12.1 Å². The van der Waals surface area contributed by atoms with Crippen LogP contribution in [0.2, 0.25) is 0 Å². The fourth-order valence-corrected chi connectivity index (χ4v) is 2.82. The highest BCUT2D eigenvalue weighted by atomic mass is 19.1. The molecule has 0 radical (unpaired) electrons. The van der Waals surface area contributed by atoms with E-state index < -0.39 is 11.6 Å². The number of hydrogen-bond donors (Lipinski definition) is 1. The third kappa shape index (κ3) is 2.54. The maximum absolute atomic E-state index is 13.9. The number of halogens is 2. The summed E-state index contributed by atoms with van der Waals surface area (Å²) >= 11 is 0. The molecule has 1 aromatic rings. The minimum absolute atomic E-state index is 0.127. The first-order valence-corrected chi connectivity index (χ1v) is 6.41. The lowest BCUT2D eigenvalue weighted by Gasteiger charge is -2.27. The van der Waals surface area contributed by atoms with E-state index in [1.807, 2.05) is 0 Å². The molecule has 2 rings (SSSR count). The topological polar surface area (TPSA) is 21.3 Å². The molecule has 1 aliphatic heterocycles. The van der Waals surface area contributed by atoms with Gasteiger partial charge in [-0.15, -0.1) is 0 Å². The summed E-state index contributed by atoms with van der Waals surface area (Å²) in [5.41, 5.74) is 0.521. The predicted molar refractivity (Wildman–Crippen MR) is 66.3 cm³/mol. The Hall–Kier alpha value is -1.00. The van der Waals surface area contributed by atoms with Crippen molar-refractivity contribution in [3.8, 4) is 0 Å². The summed E-state index contributed by atoms with van der Waals surface area (Å²) in [7, 11) is 1.80. The molecule has 1 aliphatic rings. The summed E-state index contributed by atoms with van der Waals surface area (Å²) in [6.07, 6.45) is 1.96. The SMILES string of the molecule is CCC1OCCC1C(NC)c1ccc(F)cc1F. The van der Waals surface area contributed by atoms with Gasteiger partial charge in [0.25, 0.3) is 0 Å². The van der Waals surface area contributed by atoms with Crippen molar-refractivity contribution in [2.45, 2.75) is 31.9 Å². The average molecular weight is 255 g/mol. The van der Waals surface area contributed by atoms with Crippen LogP contribution in [0.25, 0.3) is 0 Å². The van der Waals surface area contributed by atoms with Crippen molar-refractivity contribution in [3.05, 3.63) is 35.4 Å². The molecular weight excluding hydrogens is 236 g/mol. The van der Waals surface area contributed by atoms with Gasteiger partial charge in [-0.1, -0.05) is 13.0 Å². The van der Waals surface area contributed by atoms with E-state index >= 15 is 0 Å². The number of hydrogen-bond acceptors (Lipinski definition) is 2. The molecule has 4 heteroatoms. The molecule has 1 N–H and O–H groups in total. The van der Waals surface area contributed by atoms with Crippen LogP contribution in [0.4, 0.5) is 8.78 Å². The smallest absolute Gasteiger partial charge is 0.130 e. The van der Waals surface area contributed by atoms with Crippen molar-refractivity contribution in [2.24, 2.45) is 5.92 Å². The highest BCUT2D eigenvalue weighted by molar-refractivity contribution is 5.23. The van der Waals surface area contributed by atoms with E-state index in [9.17, 15) is 8.78 Å². The molecule has 0 aromatic heterocycles. The van der Waals surface area contributed by atoms with Gasteiger partial charge >= 0.3 is 0 Å². The Kier molecular flexibility index (Phi) is 4.30. The standard InChI is InChI=1S/C14H19F2NO/c1-3-13-11(6-7-18-13)14(17-2)10-5-4-9(15)8-12(10)16/h4-5,8,11,13-14,17H,3,6-7H2,1-2H3. The maximum Gasteiger partial charge on any atom is 0.130 e. The zero-order valence-corrected chi connectivity index (χ0v) is 10.7. The fraction of sp³-hybridized carbons (Fsp3) is 0.571. The van der Waals surface area contributed by atoms with Crippen LogP contribution in [0.1, 0.15) is 31.4 Å². The van der Waals surface area contributed by atoms with Crippen molar-refractivity contribution in [2.75, 3.05) is 13.7 Å². The molecular formula is C14H19F2NO. The van der Waals surface area contributed by atoms with Crippen LogP contribution in [0.3, 0.4) is 0 Å². The Balaban J connectivity index is 2.27. The van der Waals surface area contributed by atoms with Crippen LogP contribution in [0.5, 0.6) is 0 Å². The molecule has 3 unspecified atom stereocenters. The van der Waals surface area contributed by atoms with Crippen LogP contribution in [0, 0.1) is 17.6 Å². The zero-order chi connectivity index (χ0) is 13.1. The van der Waals surface area contributed by atoms with Crippen molar-refractivity contribution in [1.29, 1.82) is 0 Å². The Morgan fingerprint density at radius 1 is 1.44 bits per heavy atom. The minimum Gasteiger partial charge on any atom is -0.378 e. The lowest BCUT2D eigenvalue weighted by Crippen LogP contribution is -2.31. The molecule has 1 saturated heterocycles. The number of rotatable bonds is 4. The van der Waals surface area contributed by atoms with Gasteiger partial charge in [0, 0.05) is 30.2 Å². The van der Waals surface area contributed by atoms with E-state index in [2.05, 4.69) is 12.2 Å². The van der Waals surface area contributed by atoms with Crippen LogP contribution in [-0.2, 0) is 4.74 Å². The lowest BCUT2D eigenvalue weighted by molar-refractivity contribution is 0.0778. The van der Waals surface area contributed by atoms with Gasteiger partial charge in [-0.3, -0.25) is 0 Å². The normalized spacial score (nSPS) is 25.3. The van der Waals surface area contributed by atoms with E-state index in [-0.39, 0.29) is 18.1 Å². The molecule has 18 heavy (non-hydrogen) atoms. The summed E-state index contributed by atoms with van der Waals surface area (Å²) in [4.78, 5) is 0. The van der Waals surface area contributed by atoms with Gasteiger partial charge in [0.05, 0.1) is 6.10 Å². The van der Waals surface area contributed by atoms with Crippen LogP contribution >= 0.6 is 0 Å². The highest BCUT2D eigenvalue weighted by Gasteiger charge is 2.34. The first-order valence-electron chi connectivity index (χ1n) is 6.41. The van der Waals surface area contributed by atoms with Gasteiger partial charge in [-0.2, -0.15) is 0 Å². The molecule has 2 nitrogen and oxygen atoms in total. The second-order valence-corrected chi connectivity index (χ2v) is 4.70. The van der Waals surface area contributed by atoms with E-state index in [4.69, 9.17) is 4.74 Å². The largest absolute Gasteiger partial charge is 0.378 e. The molecule has 3 atom stereocenters. The molecule has 0 saturated carbocycles. The van der Waals surface area contributed by atoms with Gasteiger partial charge in [0.15, 0.2) is 0 Å². The second-order valence-electron chi connectivity index (χ2n) is 4.70. The Labute approximate surface area is 106 Å². The molecule has 1 aromatic carbocycles. The molecule has 0 amide bonds. The Bertz CT molecular complexity index is 411. The Morgan fingerprint density at radius 3 is 2.83 bits per heavy atom. The summed E-state index contributed by atoms with van der Waals surface area (Å²) < 4.78 is 32.4. The number of benzene rings is 1. The van der Waals surface area contributed by atoms with Gasteiger partial charge in [0.2, 0.25) is 0 Å². The quantitative estimate of drug-likeness (QED) is 0.893. The molecule has 100 valence electrons. The van der Waals surface area contributed by atoms with Crippen molar-refractivity contribution in [3.63, 3.8) is 0 Å². The fourth-order valence-electron chi connectivity index (χ4n) is 2.82. The second kappa shape index (κ2) is 5.76. The summed E-state index contributed by atoms with van der Waals surface area (Å²) in [6.45, 7) is 2.78. The summed E-state index contributed by atoms with van der Waals surface area (Å²) in [6, 6.07) is 3.64. The van der Waals surface area contributed by atoms with Crippen molar-refractivity contribution >= 4 is 0 Å². The van der Waals surface area contributed by atoms with E-state index in [0.717, 1.165) is 18.9 Å². The van der Waals surface area contributed by atoms with Gasteiger partial charge < -0.3 is 10.1 Å². The highest BCUT2D eigenvalue weighted by Crippen LogP contribution is 2.35. The molecule has 1 heterocycles. The zero-order valence-electron chi connectivity index (χ0n) is 10.7. The van der Waals surface area contributed by atoms with Crippen LogP contribution in [-0.4, -0.2) is 19.8 Å². The van der Waals surface area contributed by atoms with E-state index in [1.54, 1.807) is 7.05 Å². The van der Waals surface area contributed by atoms with E-state index in [0.29, 0.717) is 12.2 Å². The molecule has 0 aliphatic carbocycles.